The summed E-state index contributed by atoms with van der Waals surface area (Å²) in [7, 11) is 0. The van der Waals surface area contributed by atoms with Gasteiger partial charge >= 0.3 is 0 Å². The van der Waals surface area contributed by atoms with Gasteiger partial charge in [0.25, 0.3) is 0 Å². The predicted molar refractivity (Wildman–Crippen MR) is 100 cm³/mol. The van der Waals surface area contributed by atoms with E-state index in [-0.39, 0.29) is 0 Å². The van der Waals surface area contributed by atoms with Crippen LogP contribution < -0.4 is 10.7 Å². The van der Waals surface area contributed by atoms with Gasteiger partial charge in [-0.05, 0) is 66.8 Å². The summed E-state index contributed by atoms with van der Waals surface area (Å²) in [5.41, 5.74) is 4.79. The van der Waals surface area contributed by atoms with Crippen LogP contribution in [0.4, 0.5) is 0 Å². The second-order valence-corrected chi connectivity index (χ2v) is 5.60. The largest absolute Gasteiger partial charge is 0.356 e. The molecule has 4 rings (SSSR count). The summed E-state index contributed by atoms with van der Waals surface area (Å²) in [6.45, 7) is 3.87. The Morgan fingerprint density at radius 3 is 2.46 bits per heavy atom. The van der Waals surface area contributed by atoms with E-state index in [2.05, 4.69) is 26.5 Å². The molecule has 0 bridgehead atoms. The zero-order chi connectivity index (χ0) is 16.4. The molecule has 2 aliphatic rings. The Kier molecular flexibility index (Phi) is 3.56. The average molecular weight is 312 g/mol. The lowest BCUT2D eigenvalue weighted by Crippen LogP contribution is -2.07. The van der Waals surface area contributed by atoms with Gasteiger partial charge in [0.05, 0.1) is 17.1 Å². The third kappa shape index (κ3) is 3.17. The van der Waals surface area contributed by atoms with E-state index in [0.29, 0.717) is 0 Å². The minimum Gasteiger partial charge on any atom is -0.356 e. The number of allylic oxidation sites excluding steroid dienone is 5. The second kappa shape index (κ2) is 6.01. The summed E-state index contributed by atoms with van der Waals surface area (Å²) < 4.78 is 0. The Morgan fingerprint density at radius 1 is 0.833 bits per heavy atom. The van der Waals surface area contributed by atoms with Gasteiger partial charge in [0.15, 0.2) is 0 Å². The number of rotatable bonds is 3. The van der Waals surface area contributed by atoms with Crippen LogP contribution in [0, 0.1) is 0 Å². The molecule has 4 heteroatoms. The van der Waals surface area contributed by atoms with Crippen molar-refractivity contribution in [2.24, 2.45) is 9.98 Å². The maximum Gasteiger partial charge on any atom is 0.0659 e. The Balaban J connectivity index is 1.55. The van der Waals surface area contributed by atoms with Gasteiger partial charge in [-0.2, -0.15) is 0 Å². The van der Waals surface area contributed by atoms with Crippen molar-refractivity contribution in [3.8, 4) is 0 Å². The molecule has 2 N–H and O–H groups in total. The minimum atomic E-state index is 0.906. The van der Waals surface area contributed by atoms with Crippen LogP contribution in [0.5, 0.6) is 0 Å². The molecule has 0 aromatic carbocycles. The lowest BCUT2D eigenvalue weighted by Gasteiger charge is -1.91. The van der Waals surface area contributed by atoms with Crippen molar-refractivity contribution in [3.63, 3.8) is 0 Å². The number of H-pyrrole nitrogens is 2. The molecular weight excluding hydrogens is 296 g/mol. The fourth-order valence-corrected chi connectivity index (χ4v) is 2.57. The van der Waals surface area contributed by atoms with Gasteiger partial charge < -0.3 is 9.97 Å². The summed E-state index contributed by atoms with van der Waals surface area (Å²) in [4.78, 5) is 15.4. The van der Waals surface area contributed by atoms with E-state index >= 15 is 0 Å². The van der Waals surface area contributed by atoms with E-state index in [9.17, 15) is 0 Å². The Morgan fingerprint density at radius 2 is 1.71 bits per heavy atom. The molecule has 0 amide bonds. The van der Waals surface area contributed by atoms with Gasteiger partial charge in [0.2, 0.25) is 0 Å². The molecule has 2 aromatic rings. The number of hydrogen-bond acceptors (Lipinski definition) is 2. The molecule has 0 saturated heterocycles. The first kappa shape index (κ1) is 14.2. The van der Waals surface area contributed by atoms with Crippen LogP contribution in [0.1, 0.15) is 11.4 Å². The van der Waals surface area contributed by atoms with Crippen molar-refractivity contribution in [1.82, 2.24) is 9.97 Å². The molecular formula is C20H16N4. The first-order chi connectivity index (χ1) is 11.7. The highest BCUT2D eigenvalue weighted by Gasteiger charge is 2.04. The molecule has 116 valence electrons. The van der Waals surface area contributed by atoms with E-state index in [1.807, 2.05) is 66.8 Å². The molecule has 2 aliphatic heterocycles. The Hall–Kier alpha value is -3.40. The van der Waals surface area contributed by atoms with E-state index in [4.69, 9.17) is 0 Å². The van der Waals surface area contributed by atoms with Gasteiger partial charge in [0.1, 0.15) is 0 Å². The molecule has 0 radical (unpaired) electrons. The molecule has 4 heterocycles. The Labute approximate surface area is 139 Å². The van der Waals surface area contributed by atoms with Crippen LogP contribution in [-0.2, 0) is 0 Å². The number of nitrogens with one attached hydrogen (secondary N) is 2. The molecule has 0 fully saturated rings. The topological polar surface area (TPSA) is 56.3 Å². The van der Waals surface area contributed by atoms with Gasteiger partial charge in [-0.3, -0.25) is 4.99 Å². The standard InChI is InChI=1S/C20H16N4/c1-14-4-5-16(22-14)12-18-8-9-20(24-18)13-19-7-6-17(23-19)11-15-3-2-10-21-15/h2-13,22,24H,1H2/b15-11+,16-12-,19-13+. The first-order valence-electron chi connectivity index (χ1n) is 7.70. The second-order valence-electron chi connectivity index (χ2n) is 5.60. The summed E-state index contributed by atoms with van der Waals surface area (Å²) in [5, 5.41) is 1.93. The molecule has 2 aromatic heterocycles. The fourth-order valence-electron chi connectivity index (χ4n) is 2.57. The molecule has 0 spiro atoms. The van der Waals surface area contributed by atoms with E-state index < -0.39 is 0 Å². The summed E-state index contributed by atoms with van der Waals surface area (Å²) in [5.74, 6) is 0. The lowest BCUT2D eigenvalue weighted by molar-refractivity contribution is 1.26. The molecule has 0 unspecified atom stereocenters. The van der Waals surface area contributed by atoms with Gasteiger partial charge in [0, 0.05) is 28.3 Å². The third-order valence-electron chi connectivity index (χ3n) is 3.67. The zero-order valence-corrected chi connectivity index (χ0v) is 13.0. The van der Waals surface area contributed by atoms with Crippen LogP contribution >= 0.6 is 0 Å². The van der Waals surface area contributed by atoms with Crippen LogP contribution in [0.25, 0.3) is 18.7 Å². The highest BCUT2D eigenvalue weighted by atomic mass is 14.8. The molecule has 0 aliphatic carbocycles. The van der Waals surface area contributed by atoms with Crippen molar-refractivity contribution < 1.29 is 0 Å². The smallest absolute Gasteiger partial charge is 0.0659 e. The van der Waals surface area contributed by atoms with E-state index in [1.54, 1.807) is 6.21 Å². The van der Waals surface area contributed by atoms with Crippen LogP contribution in [0.15, 0.2) is 76.0 Å². The number of aromatic nitrogens is 2. The van der Waals surface area contributed by atoms with Crippen LogP contribution in [-0.4, -0.2) is 21.9 Å². The van der Waals surface area contributed by atoms with E-state index in [0.717, 1.165) is 39.2 Å². The number of aliphatic imine (C=N–C) groups is 2. The molecule has 4 nitrogen and oxygen atoms in total. The van der Waals surface area contributed by atoms with Gasteiger partial charge in [-0.25, -0.2) is 4.99 Å². The summed E-state index contributed by atoms with van der Waals surface area (Å²) in [6.07, 6.45) is 15.7. The highest BCUT2D eigenvalue weighted by Crippen LogP contribution is 2.16. The predicted octanol–water partition coefficient (Wildman–Crippen LogP) is 2.46. The summed E-state index contributed by atoms with van der Waals surface area (Å²) >= 11 is 0. The third-order valence-corrected chi connectivity index (χ3v) is 3.67. The number of aromatic amines is 2. The van der Waals surface area contributed by atoms with Crippen LogP contribution in [0.2, 0.25) is 0 Å². The first-order valence-corrected chi connectivity index (χ1v) is 7.70. The van der Waals surface area contributed by atoms with Crippen LogP contribution in [0.3, 0.4) is 0 Å². The SMILES string of the molecule is C=c1cc/c(=C/c2ccc(/C=C3\C=CC(/C=C4\C=CC=N4)=N3)[nH]2)[nH]1. The lowest BCUT2D eigenvalue weighted by atomic mass is 10.3. The van der Waals surface area contributed by atoms with Gasteiger partial charge in [-0.1, -0.05) is 6.58 Å². The molecule has 0 atom stereocenters. The fraction of sp³-hybridized carbons (Fsp3) is 0. The van der Waals surface area contributed by atoms with Crippen molar-refractivity contribution in [2.45, 2.75) is 0 Å². The average Bonchev–Trinajstić information content (AvgIpc) is 3.32. The molecule has 0 saturated carbocycles. The van der Waals surface area contributed by atoms with Gasteiger partial charge in [-0.15, -0.1) is 0 Å². The number of hydrogen-bond donors (Lipinski definition) is 2. The maximum absolute atomic E-state index is 4.58. The molecule has 24 heavy (non-hydrogen) atoms. The Bertz CT molecular complexity index is 1050. The zero-order valence-electron chi connectivity index (χ0n) is 13.0. The normalized spacial score (nSPS) is 20.0. The van der Waals surface area contributed by atoms with Crippen molar-refractivity contribution >= 4 is 30.7 Å². The highest BCUT2D eigenvalue weighted by molar-refractivity contribution is 6.08. The quantitative estimate of drug-likeness (QED) is 0.875. The monoisotopic (exact) mass is 312 g/mol. The van der Waals surface area contributed by atoms with Crippen molar-refractivity contribution in [2.75, 3.05) is 0 Å². The maximum atomic E-state index is 4.58. The minimum absolute atomic E-state index is 0.906. The summed E-state index contributed by atoms with van der Waals surface area (Å²) in [6, 6.07) is 8.04. The van der Waals surface area contributed by atoms with Crippen molar-refractivity contribution in [3.05, 3.63) is 88.1 Å². The van der Waals surface area contributed by atoms with Crippen molar-refractivity contribution in [1.29, 1.82) is 0 Å². The number of nitrogens with zero attached hydrogens (tertiary/aromatic N) is 2. The van der Waals surface area contributed by atoms with E-state index in [1.165, 1.54) is 0 Å².